The molecular weight excluding hydrogens is 384 g/mol. The first kappa shape index (κ1) is 19.7. The molecule has 0 atom stereocenters. The van der Waals surface area contributed by atoms with E-state index in [1.807, 2.05) is 24.3 Å². The van der Waals surface area contributed by atoms with Crippen molar-refractivity contribution < 1.29 is 22.5 Å². The van der Waals surface area contributed by atoms with Crippen LogP contribution in [0, 0.1) is 10.1 Å². The Kier molecular flexibility index (Phi) is 6.19. The number of benzene rings is 2. The summed E-state index contributed by atoms with van der Waals surface area (Å²) in [6.07, 6.45) is 1.58. The van der Waals surface area contributed by atoms with Crippen LogP contribution in [-0.4, -0.2) is 13.3 Å². The van der Waals surface area contributed by atoms with E-state index < -0.39 is 14.9 Å². The summed E-state index contributed by atoms with van der Waals surface area (Å²) in [6.45, 7) is 0.805. The van der Waals surface area contributed by atoms with E-state index >= 15 is 0 Å². The van der Waals surface area contributed by atoms with Gasteiger partial charge in [0.1, 0.15) is 12.4 Å². The fraction of sp³-hybridized carbons (Fsp3) is 0.158. The summed E-state index contributed by atoms with van der Waals surface area (Å²) >= 11 is 0. The summed E-state index contributed by atoms with van der Waals surface area (Å²) in [5.41, 5.74) is 1.50. The molecular formula is C19H18N2O6S. The lowest BCUT2D eigenvalue weighted by molar-refractivity contribution is -0.384. The number of nitro benzene ring substituents is 1. The minimum atomic E-state index is -3.78. The highest BCUT2D eigenvalue weighted by molar-refractivity contribution is 7.89. The third kappa shape index (κ3) is 5.26. The molecule has 3 aromatic rings. The van der Waals surface area contributed by atoms with E-state index in [0.29, 0.717) is 13.2 Å². The van der Waals surface area contributed by atoms with Gasteiger partial charge in [-0.3, -0.25) is 10.1 Å². The predicted octanol–water partition coefficient (Wildman–Crippen LogP) is 3.38. The van der Waals surface area contributed by atoms with Crippen LogP contribution >= 0.6 is 0 Å². The Morgan fingerprint density at radius 2 is 1.75 bits per heavy atom. The number of nitrogens with zero attached hydrogens (tertiary/aromatic N) is 1. The van der Waals surface area contributed by atoms with Crippen LogP contribution in [-0.2, 0) is 34.5 Å². The van der Waals surface area contributed by atoms with Gasteiger partial charge in [0.2, 0.25) is 10.0 Å². The molecule has 0 fully saturated rings. The fourth-order valence-electron chi connectivity index (χ4n) is 2.50. The van der Waals surface area contributed by atoms with Crippen LogP contribution in [0.3, 0.4) is 0 Å². The smallest absolute Gasteiger partial charge is 0.269 e. The third-order valence-electron chi connectivity index (χ3n) is 3.91. The van der Waals surface area contributed by atoms with Gasteiger partial charge in [0.25, 0.3) is 5.69 Å². The van der Waals surface area contributed by atoms with Crippen LogP contribution in [0.5, 0.6) is 0 Å². The van der Waals surface area contributed by atoms with Crippen molar-refractivity contribution in [1.82, 2.24) is 4.72 Å². The van der Waals surface area contributed by atoms with Gasteiger partial charge in [-0.25, -0.2) is 13.1 Å². The zero-order valence-corrected chi connectivity index (χ0v) is 15.6. The second-order valence-electron chi connectivity index (χ2n) is 5.97. The molecule has 1 N–H and O–H groups in total. The molecule has 3 rings (SSSR count). The van der Waals surface area contributed by atoms with Crippen molar-refractivity contribution in [1.29, 1.82) is 0 Å². The number of nitro groups is 1. The molecule has 1 aromatic heterocycles. The normalized spacial score (nSPS) is 11.4. The zero-order valence-electron chi connectivity index (χ0n) is 14.8. The molecule has 1 heterocycles. The molecule has 0 radical (unpaired) electrons. The maximum atomic E-state index is 12.4. The van der Waals surface area contributed by atoms with Gasteiger partial charge in [-0.1, -0.05) is 24.3 Å². The highest BCUT2D eigenvalue weighted by Gasteiger charge is 2.15. The van der Waals surface area contributed by atoms with Gasteiger partial charge in [0, 0.05) is 18.7 Å². The van der Waals surface area contributed by atoms with Crippen LogP contribution in [0.15, 0.2) is 76.2 Å². The lowest BCUT2D eigenvalue weighted by Crippen LogP contribution is -2.23. The Bertz CT molecular complexity index is 1030. The van der Waals surface area contributed by atoms with E-state index in [1.165, 1.54) is 12.1 Å². The average molecular weight is 402 g/mol. The minimum absolute atomic E-state index is 0.0314. The van der Waals surface area contributed by atoms with Gasteiger partial charge in [0.15, 0.2) is 0 Å². The van der Waals surface area contributed by atoms with Gasteiger partial charge in [-0.05, 0) is 35.4 Å². The number of furan rings is 1. The number of hydrogen-bond acceptors (Lipinski definition) is 6. The van der Waals surface area contributed by atoms with Crippen LogP contribution in [0.4, 0.5) is 5.69 Å². The summed E-state index contributed by atoms with van der Waals surface area (Å²) in [5, 5.41) is 10.7. The highest BCUT2D eigenvalue weighted by atomic mass is 32.2. The third-order valence-corrected chi connectivity index (χ3v) is 5.33. The minimum Gasteiger partial charge on any atom is -0.467 e. The largest absolute Gasteiger partial charge is 0.467 e. The standard InChI is InChI=1S/C19H18N2O6S/c22-21(23)17-6-8-19(9-7-17)28(24,25)20-12-15-3-1-4-16(11-15)13-26-14-18-5-2-10-27-18/h1-11,20H,12-14H2. The zero-order chi connectivity index (χ0) is 20.0. The molecule has 0 amide bonds. The van der Waals surface area contributed by atoms with Gasteiger partial charge >= 0.3 is 0 Å². The first-order chi connectivity index (χ1) is 13.4. The van der Waals surface area contributed by atoms with E-state index in [2.05, 4.69) is 4.72 Å². The molecule has 0 saturated carbocycles. The number of rotatable bonds is 9. The maximum Gasteiger partial charge on any atom is 0.269 e. The van der Waals surface area contributed by atoms with Crippen molar-refractivity contribution in [3.05, 3.63) is 93.9 Å². The SMILES string of the molecule is O=[N+]([O-])c1ccc(S(=O)(=O)NCc2cccc(COCc3ccco3)c2)cc1. The molecule has 0 unspecified atom stereocenters. The molecule has 0 aliphatic carbocycles. The number of nitrogens with one attached hydrogen (secondary N) is 1. The average Bonchev–Trinajstić information content (AvgIpc) is 3.20. The molecule has 0 spiro atoms. The lowest BCUT2D eigenvalue weighted by atomic mass is 10.1. The highest BCUT2D eigenvalue weighted by Crippen LogP contribution is 2.16. The van der Waals surface area contributed by atoms with E-state index in [9.17, 15) is 18.5 Å². The number of ether oxygens (including phenoxy) is 1. The van der Waals surface area contributed by atoms with Crippen molar-refractivity contribution in [3.8, 4) is 0 Å². The molecule has 28 heavy (non-hydrogen) atoms. The molecule has 0 bridgehead atoms. The van der Waals surface area contributed by atoms with Crippen LogP contribution in [0.1, 0.15) is 16.9 Å². The summed E-state index contributed by atoms with van der Waals surface area (Å²) < 4.78 is 38.0. The van der Waals surface area contributed by atoms with Gasteiger partial charge in [-0.15, -0.1) is 0 Å². The van der Waals surface area contributed by atoms with Gasteiger partial charge < -0.3 is 9.15 Å². The molecule has 0 saturated heterocycles. The van der Waals surface area contributed by atoms with Crippen molar-refractivity contribution >= 4 is 15.7 Å². The Hall–Kier alpha value is -3.01. The topological polar surface area (TPSA) is 112 Å². The molecule has 146 valence electrons. The van der Waals surface area contributed by atoms with Gasteiger partial charge in [-0.2, -0.15) is 0 Å². The maximum absolute atomic E-state index is 12.4. The van der Waals surface area contributed by atoms with Crippen LogP contribution in [0.25, 0.3) is 0 Å². The molecule has 2 aromatic carbocycles. The molecule has 9 heteroatoms. The van der Waals surface area contributed by atoms with E-state index in [4.69, 9.17) is 9.15 Å². The van der Waals surface area contributed by atoms with Crippen molar-refractivity contribution in [2.45, 2.75) is 24.7 Å². The first-order valence-corrected chi connectivity index (χ1v) is 9.84. The Morgan fingerprint density at radius 1 is 1.00 bits per heavy atom. The number of sulfonamides is 1. The second kappa shape index (κ2) is 8.79. The van der Waals surface area contributed by atoms with Crippen molar-refractivity contribution in [2.75, 3.05) is 0 Å². The van der Waals surface area contributed by atoms with Crippen molar-refractivity contribution in [3.63, 3.8) is 0 Å². The summed E-state index contributed by atoms with van der Waals surface area (Å²) in [4.78, 5) is 10.1. The summed E-state index contributed by atoms with van der Waals surface area (Å²) in [6, 6.07) is 15.7. The number of non-ortho nitro benzene ring substituents is 1. The van der Waals surface area contributed by atoms with Crippen molar-refractivity contribution in [2.24, 2.45) is 0 Å². The Balaban J connectivity index is 1.58. The summed E-state index contributed by atoms with van der Waals surface area (Å²) in [7, 11) is -3.78. The lowest BCUT2D eigenvalue weighted by Gasteiger charge is -2.09. The predicted molar refractivity (Wildman–Crippen MR) is 101 cm³/mol. The molecule has 8 nitrogen and oxygen atoms in total. The van der Waals surface area contributed by atoms with Crippen LogP contribution in [0.2, 0.25) is 0 Å². The summed E-state index contributed by atoms with van der Waals surface area (Å²) in [5.74, 6) is 0.729. The molecule has 0 aliphatic heterocycles. The van der Waals surface area contributed by atoms with E-state index in [0.717, 1.165) is 29.0 Å². The van der Waals surface area contributed by atoms with Crippen LogP contribution < -0.4 is 4.72 Å². The van der Waals surface area contributed by atoms with Gasteiger partial charge in [0.05, 0.1) is 22.7 Å². The Labute approximate surface area is 162 Å². The van der Waals surface area contributed by atoms with E-state index in [1.54, 1.807) is 18.4 Å². The fourth-order valence-corrected chi connectivity index (χ4v) is 3.52. The Morgan fingerprint density at radius 3 is 2.43 bits per heavy atom. The monoisotopic (exact) mass is 402 g/mol. The van der Waals surface area contributed by atoms with E-state index in [-0.39, 0.29) is 17.1 Å². The second-order valence-corrected chi connectivity index (χ2v) is 7.73. The first-order valence-electron chi connectivity index (χ1n) is 8.36. The molecule has 0 aliphatic rings. The quantitative estimate of drug-likeness (QED) is 0.434. The number of hydrogen-bond donors (Lipinski definition) is 1.